The van der Waals surface area contributed by atoms with Gasteiger partial charge in [0.1, 0.15) is 5.75 Å². The minimum atomic E-state index is -0.868. The molecule has 0 saturated heterocycles. The molecular formula is C40H54O8. The highest BCUT2D eigenvalue weighted by Crippen LogP contribution is 2.44. The van der Waals surface area contributed by atoms with E-state index >= 15 is 0 Å². The average Bonchev–Trinajstić information content (AvgIpc) is 3.12. The Labute approximate surface area is 286 Å². The molecule has 0 aliphatic heterocycles. The topological polar surface area (TPSA) is 105 Å². The molecule has 0 bridgehead atoms. The molecular weight excluding hydrogens is 608 g/mol. The first-order valence-electron chi connectivity index (χ1n) is 18.2. The van der Waals surface area contributed by atoms with Crippen LogP contribution in [-0.4, -0.2) is 42.7 Å². The number of benzene rings is 1. The van der Waals surface area contributed by atoms with Crippen LogP contribution in [0.1, 0.15) is 126 Å². The molecule has 0 aromatic heterocycles. The van der Waals surface area contributed by atoms with Gasteiger partial charge in [-0.1, -0.05) is 45.1 Å². The smallest absolute Gasteiger partial charge is 0.339 e. The normalized spacial score (nSPS) is 27.1. The maximum Gasteiger partial charge on any atom is 0.339 e. The highest BCUT2D eigenvalue weighted by Gasteiger charge is 2.40. The molecule has 48 heavy (non-hydrogen) atoms. The zero-order chi connectivity index (χ0) is 34.4. The monoisotopic (exact) mass is 662 g/mol. The molecule has 3 saturated carbocycles. The molecule has 8 heteroatoms. The second-order valence-corrected chi connectivity index (χ2v) is 14.0. The zero-order valence-corrected chi connectivity index (χ0v) is 28.8. The van der Waals surface area contributed by atoms with Crippen LogP contribution in [0.4, 0.5) is 0 Å². The van der Waals surface area contributed by atoms with Crippen LogP contribution in [0.5, 0.6) is 5.75 Å². The Bertz CT molecular complexity index is 1250. The van der Waals surface area contributed by atoms with Crippen molar-refractivity contribution < 1.29 is 38.1 Å². The van der Waals surface area contributed by atoms with E-state index in [1.54, 1.807) is 24.3 Å². The van der Waals surface area contributed by atoms with Crippen LogP contribution >= 0.6 is 0 Å². The zero-order valence-electron chi connectivity index (χ0n) is 28.8. The van der Waals surface area contributed by atoms with Crippen molar-refractivity contribution in [2.45, 2.75) is 122 Å². The molecule has 0 amide bonds. The van der Waals surface area contributed by atoms with Crippen molar-refractivity contribution in [3.8, 4) is 18.1 Å². The van der Waals surface area contributed by atoms with Gasteiger partial charge in [0.05, 0.1) is 30.6 Å². The predicted octanol–water partition coefficient (Wildman–Crippen LogP) is 8.17. The quantitative estimate of drug-likeness (QED) is 0.0463. The van der Waals surface area contributed by atoms with Crippen LogP contribution in [-0.2, 0) is 28.6 Å². The number of ether oxygens (including phenoxy) is 4. The van der Waals surface area contributed by atoms with E-state index in [1.807, 2.05) is 0 Å². The van der Waals surface area contributed by atoms with E-state index in [0.29, 0.717) is 81.8 Å². The van der Waals surface area contributed by atoms with Crippen LogP contribution in [0.25, 0.3) is 0 Å². The van der Waals surface area contributed by atoms with E-state index in [1.165, 1.54) is 38.5 Å². The molecule has 0 N–H and O–H groups in total. The number of hydrogen-bond donors (Lipinski definition) is 0. The van der Waals surface area contributed by atoms with Gasteiger partial charge in [0.15, 0.2) is 5.60 Å². The molecule has 4 rings (SSSR count). The minimum Gasteiger partial charge on any atom is -0.465 e. The van der Waals surface area contributed by atoms with E-state index in [2.05, 4.69) is 19.4 Å². The molecule has 3 aliphatic rings. The second-order valence-electron chi connectivity index (χ2n) is 14.0. The van der Waals surface area contributed by atoms with Gasteiger partial charge in [0.2, 0.25) is 0 Å². The van der Waals surface area contributed by atoms with E-state index in [0.717, 1.165) is 37.2 Å². The summed E-state index contributed by atoms with van der Waals surface area (Å²) in [5.74, 6) is 3.52. The number of terminal acetylenes is 1. The van der Waals surface area contributed by atoms with Gasteiger partial charge in [-0.3, -0.25) is 9.59 Å². The van der Waals surface area contributed by atoms with E-state index in [-0.39, 0.29) is 23.8 Å². The lowest BCUT2D eigenvalue weighted by Crippen LogP contribution is -2.39. The van der Waals surface area contributed by atoms with Gasteiger partial charge in [-0.2, -0.15) is 0 Å². The molecule has 3 aliphatic carbocycles. The molecule has 1 aromatic rings. The fraction of sp³-hybridized carbons (Fsp3) is 0.650. The Morgan fingerprint density at radius 2 is 1.40 bits per heavy atom. The Kier molecular flexibility index (Phi) is 14.6. The van der Waals surface area contributed by atoms with Gasteiger partial charge in [-0.05, 0) is 125 Å². The molecule has 0 heterocycles. The molecule has 0 spiro atoms. The molecule has 0 radical (unpaired) electrons. The lowest BCUT2D eigenvalue weighted by molar-refractivity contribution is -0.152. The standard InChI is InChI=1S/C40H54O8/c1-4-10-29-11-13-30(14-12-29)31-23-25-40(6-3,26-24-31)48-39(44)34-19-21-35(22-20-34)47-38(43)33-17-15-32(16-18-33)37(42)46-28-9-7-8-27-45-36(41)5-2/h3,5,19-22,29-33H,2,4,7-18,23-28H2,1H3. The van der Waals surface area contributed by atoms with Gasteiger partial charge >= 0.3 is 23.9 Å². The number of esters is 4. The van der Waals surface area contributed by atoms with Crippen molar-refractivity contribution in [2.24, 2.45) is 29.6 Å². The Hall–Kier alpha value is -3.60. The summed E-state index contributed by atoms with van der Waals surface area (Å²) < 4.78 is 21.9. The fourth-order valence-electron chi connectivity index (χ4n) is 7.77. The minimum absolute atomic E-state index is 0.222. The number of carbonyl (C=O) groups is 4. The fourth-order valence-corrected chi connectivity index (χ4v) is 7.77. The van der Waals surface area contributed by atoms with Crippen molar-refractivity contribution in [3.63, 3.8) is 0 Å². The number of hydrogen-bond acceptors (Lipinski definition) is 8. The Morgan fingerprint density at radius 3 is 1.98 bits per heavy atom. The second kappa shape index (κ2) is 18.8. The summed E-state index contributed by atoms with van der Waals surface area (Å²) in [5, 5.41) is 0. The molecule has 262 valence electrons. The van der Waals surface area contributed by atoms with Crippen LogP contribution in [0.15, 0.2) is 36.9 Å². The molecule has 0 unspecified atom stereocenters. The number of unbranched alkanes of at least 4 members (excludes halogenated alkanes) is 2. The van der Waals surface area contributed by atoms with Crippen molar-refractivity contribution in [3.05, 3.63) is 42.5 Å². The first-order chi connectivity index (χ1) is 23.3. The van der Waals surface area contributed by atoms with Gasteiger partial charge < -0.3 is 18.9 Å². The van der Waals surface area contributed by atoms with E-state index in [4.69, 9.17) is 25.4 Å². The van der Waals surface area contributed by atoms with Gasteiger partial charge in [0.25, 0.3) is 0 Å². The summed E-state index contributed by atoms with van der Waals surface area (Å²) in [5.41, 5.74) is -0.497. The first-order valence-corrected chi connectivity index (χ1v) is 18.2. The summed E-state index contributed by atoms with van der Waals surface area (Å²) >= 11 is 0. The lowest BCUT2D eigenvalue weighted by atomic mass is 9.68. The third-order valence-corrected chi connectivity index (χ3v) is 10.8. The Morgan fingerprint density at radius 1 is 0.812 bits per heavy atom. The van der Waals surface area contributed by atoms with Gasteiger partial charge in [-0.15, -0.1) is 6.42 Å². The van der Waals surface area contributed by atoms with Gasteiger partial charge in [0, 0.05) is 6.08 Å². The summed E-state index contributed by atoms with van der Waals surface area (Å²) in [6.07, 6.45) is 22.8. The van der Waals surface area contributed by atoms with E-state index < -0.39 is 17.5 Å². The predicted molar refractivity (Wildman–Crippen MR) is 183 cm³/mol. The van der Waals surface area contributed by atoms with Crippen LogP contribution in [0.2, 0.25) is 0 Å². The maximum absolute atomic E-state index is 13.1. The van der Waals surface area contributed by atoms with Crippen LogP contribution in [0, 0.1) is 41.9 Å². The summed E-state index contributed by atoms with van der Waals surface area (Å²) in [7, 11) is 0. The third kappa shape index (κ3) is 11.0. The summed E-state index contributed by atoms with van der Waals surface area (Å²) in [4.78, 5) is 49.5. The SMILES string of the molecule is C#CC1(OC(=O)c2ccc(OC(=O)C3CCC(C(=O)OCCCCCOC(=O)C=C)CC3)cc2)CCC(C2CCC(CCC)CC2)CC1. The number of rotatable bonds is 15. The molecule has 8 nitrogen and oxygen atoms in total. The largest absolute Gasteiger partial charge is 0.465 e. The lowest BCUT2D eigenvalue weighted by Gasteiger charge is -2.41. The summed E-state index contributed by atoms with van der Waals surface area (Å²) in [6.45, 7) is 6.27. The van der Waals surface area contributed by atoms with Crippen molar-refractivity contribution >= 4 is 23.9 Å². The number of carbonyl (C=O) groups excluding carboxylic acids is 4. The first kappa shape index (κ1) is 37.2. The highest BCUT2D eigenvalue weighted by molar-refractivity contribution is 5.90. The molecule has 0 atom stereocenters. The molecule has 1 aromatic carbocycles. The third-order valence-electron chi connectivity index (χ3n) is 10.8. The van der Waals surface area contributed by atoms with Crippen LogP contribution < -0.4 is 4.74 Å². The maximum atomic E-state index is 13.1. The highest BCUT2D eigenvalue weighted by atomic mass is 16.6. The Balaban J connectivity index is 1.14. The van der Waals surface area contributed by atoms with Crippen molar-refractivity contribution in [1.82, 2.24) is 0 Å². The van der Waals surface area contributed by atoms with E-state index in [9.17, 15) is 19.2 Å². The average molecular weight is 663 g/mol. The van der Waals surface area contributed by atoms with Crippen LogP contribution in [0.3, 0.4) is 0 Å². The summed E-state index contributed by atoms with van der Waals surface area (Å²) in [6, 6.07) is 6.43. The van der Waals surface area contributed by atoms with Gasteiger partial charge in [-0.25, -0.2) is 9.59 Å². The molecule has 3 fully saturated rings. The van der Waals surface area contributed by atoms with Crippen molar-refractivity contribution in [1.29, 1.82) is 0 Å². The van der Waals surface area contributed by atoms with Crippen molar-refractivity contribution in [2.75, 3.05) is 13.2 Å².